The zero-order chi connectivity index (χ0) is 31.5. The van der Waals surface area contributed by atoms with E-state index >= 15 is 0 Å². The molecular formula is C31H51N5O6. The molecule has 0 radical (unpaired) electrons. The number of nitrogens with one attached hydrogen (secondary N) is 3. The number of primary amides is 1. The lowest BCUT2D eigenvalue weighted by Gasteiger charge is -2.37. The second-order valence-corrected chi connectivity index (χ2v) is 14.3. The molecular weight excluding hydrogens is 538 g/mol. The molecule has 0 spiro atoms. The van der Waals surface area contributed by atoms with Crippen molar-refractivity contribution in [2.24, 2.45) is 40.7 Å². The zero-order valence-corrected chi connectivity index (χ0v) is 26.3. The van der Waals surface area contributed by atoms with Crippen molar-refractivity contribution in [1.82, 2.24) is 20.9 Å². The monoisotopic (exact) mass is 589 g/mol. The van der Waals surface area contributed by atoms with Crippen LogP contribution in [0.25, 0.3) is 0 Å². The highest BCUT2D eigenvalue weighted by molar-refractivity contribution is 6.37. The van der Waals surface area contributed by atoms with Gasteiger partial charge in [0.25, 0.3) is 5.91 Å². The summed E-state index contributed by atoms with van der Waals surface area (Å²) in [6, 6.07) is -4.16. The normalized spacial score (nSPS) is 23.1. The lowest BCUT2D eigenvalue weighted by molar-refractivity contribution is -0.144. The number of hydrogen-bond acceptors (Lipinski definition) is 6. The number of carbonyl (C=O) groups is 6. The van der Waals surface area contributed by atoms with Crippen molar-refractivity contribution < 1.29 is 28.8 Å². The van der Waals surface area contributed by atoms with Crippen molar-refractivity contribution in [3.05, 3.63) is 0 Å². The highest BCUT2D eigenvalue weighted by Gasteiger charge is 2.48. The predicted molar refractivity (Wildman–Crippen MR) is 158 cm³/mol. The molecule has 5 atom stereocenters. The van der Waals surface area contributed by atoms with Gasteiger partial charge < -0.3 is 26.6 Å². The van der Waals surface area contributed by atoms with E-state index in [2.05, 4.69) is 16.0 Å². The topological polar surface area (TPSA) is 168 Å². The quantitative estimate of drug-likeness (QED) is 0.240. The molecule has 3 rings (SSSR count). The first-order valence-electron chi connectivity index (χ1n) is 15.6. The van der Waals surface area contributed by atoms with E-state index in [1.54, 1.807) is 0 Å². The van der Waals surface area contributed by atoms with Crippen LogP contribution >= 0.6 is 0 Å². The average Bonchev–Trinajstić information content (AvgIpc) is 3.55. The van der Waals surface area contributed by atoms with Crippen LogP contribution in [0.3, 0.4) is 0 Å². The van der Waals surface area contributed by atoms with Crippen LogP contribution in [0, 0.1) is 35.0 Å². The number of hydrogen-bond donors (Lipinski definition) is 4. The van der Waals surface area contributed by atoms with Crippen LogP contribution < -0.4 is 21.7 Å². The standard InChI is InChI=1S/C31H51N5O6/c1-16(2)20-13-14-36(23(20)28(40)33-21(15-18-11-12-18)25(38)27(32)39)29(41)26(31(5,6)7)35-30(42)34-22(17(3)4)24(37)19-9-8-10-19/h16-23,26H,8-15H2,1-7H3,(H2,32,39)(H,33,40)(H2,34,35,42)/t20-,21?,22+,23+,26-/m1/s1. The number of ketones is 2. The Bertz CT molecular complexity index is 1060. The fourth-order valence-electron chi connectivity index (χ4n) is 6.09. The fraction of sp³-hybridized carbons (Fsp3) is 0.806. The van der Waals surface area contributed by atoms with Crippen LogP contribution in [0.15, 0.2) is 0 Å². The van der Waals surface area contributed by atoms with Crippen molar-refractivity contribution >= 4 is 35.3 Å². The van der Waals surface area contributed by atoms with Gasteiger partial charge in [-0.1, -0.05) is 67.7 Å². The van der Waals surface area contributed by atoms with Crippen molar-refractivity contribution in [1.29, 1.82) is 0 Å². The molecule has 1 unspecified atom stereocenters. The molecule has 2 aliphatic carbocycles. The fourth-order valence-corrected chi connectivity index (χ4v) is 6.09. The number of carbonyl (C=O) groups excluding carboxylic acids is 6. The molecule has 1 aliphatic heterocycles. The molecule has 1 saturated heterocycles. The van der Waals surface area contributed by atoms with E-state index in [4.69, 9.17) is 5.73 Å². The zero-order valence-electron chi connectivity index (χ0n) is 26.3. The maximum Gasteiger partial charge on any atom is 0.316 e. The van der Waals surface area contributed by atoms with Crippen LogP contribution in [0.4, 0.5) is 4.79 Å². The highest BCUT2D eigenvalue weighted by atomic mass is 16.2. The summed E-state index contributed by atoms with van der Waals surface area (Å²) in [6.45, 7) is 13.5. The van der Waals surface area contributed by atoms with Gasteiger partial charge >= 0.3 is 6.03 Å². The van der Waals surface area contributed by atoms with E-state index in [0.29, 0.717) is 19.4 Å². The van der Waals surface area contributed by atoms with Gasteiger partial charge in [0.15, 0.2) is 5.78 Å². The van der Waals surface area contributed by atoms with E-state index in [1.165, 1.54) is 4.90 Å². The maximum absolute atomic E-state index is 14.1. The van der Waals surface area contributed by atoms with E-state index in [-0.39, 0.29) is 35.4 Å². The largest absolute Gasteiger partial charge is 0.363 e. The van der Waals surface area contributed by atoms with Gasteiger partial charge in [0, 0.05) is 12.5 Å². The van der Waals surface area contributed by atoms with Crippen LogP contribution in [-0.2, 0) is 24.0 Å². The van der Waals surface area contributed by atoms with Crippen LogP contribution in [-0.4, -0.2) is 70.9 Å². The minimum Gasteiger partial charge on any atom is -0.363 e. The molecule has 3 aliphatic rings. The molecule has 0 bridgehead atoms. The second kappa shape index (κ2) is 13.5. The third-order valence-corrected chi connectivity index (χ3v) is 9.15. The van der Waals surface area contributed by atoms with Gasteiger partial charge in [-0.3, -0.25) is 24.0 Å². The Morgan fingerprint density at radius 1 is 0.881 bits per heavy atom. The smallest absolute Gasteiger partial charge is 0.316 e. The molecule has 42 heavy (non-hydrogen) atoms. The molecule has 236 valence electrons. The minimum atomic E-state index is -1.10. The Labute approximate surface area is 249 Å². The van der Waals surface area contributed by atoms with Crippen molar-refractivity contribution in [2.45, 2.75) is 118 Å². The molecule has 3 fully saturated rings. The Morgan fingerprint density at radius 2 is 1.50 bits per heavy atom. The summed E-state index contributed by atoms with van der Waals surface area (Å²) in [5, 5.41) is 8.39. The Morgan fingerprint density at radius 3 is 1.95 bits per heavy atom. The lowest BCUT2D eigenvalue weighted by Crippen LogP contribution is -2.62. The summed E-state index contributed by atoms with van der Waals surface area (Å²) in [5.74, 6) is -2.85. The summed E-state index contributed by atoms with van der Waals surface area (Å²) < 4.78 is 0. The van der Waals surface area contributed by atoms with Crippen molar-refractivity contribution in [3.8, 4) is 0 Å². The number of amides is 5. The van der Waals surface area contributed by atoms with Crippen LogP contribution in [0.5, 0.6) is 0 Å². The second-order valence-electron chi connectivity index (χ2n) is 14.3. The first kappa shape index (κ1) is 33.5. The van der Waals surface area contributed by atoms with E-state index in [9.17, 15) is 28.8 Å². The van der Waals surface area contributed by atoms with Gasteiger partial charge in [0.2, 0.25) is 17.6 Å². The molecule has 0 aromatic rings. The SMILES string of the molecule is CC(C)[C@H](NC(=O)N[C@H](C(=O)N1CC[C@H](C(C)C)[C@H]1C(=O)NC(CC1CC1)C(=O)C(N)=O)C(C)(C)C)C(=O)C1CCC1. The van der Waals surface area contributed by atoms with Gasteiger partial charge in [-0.2, -0.15) is 0 Å². The van der Waals surface area contributed by atoms with Gasteiger partial charge in [-0.05, 0) is 54.8 Å². The Balaban J connectivity index is 1.80. The van der Waals surface area contributed by atoms with E-state index < -0.39 is 59.1 Å². The Kier molecular flexibility index (Phi) is 10.8. The molecule has 1 heterocycles. The minimum absolute atomic E-state index is 0.0207. The first-order valence-corrected chi connectivity index (χ1v) is 15.6. The number of rotatable bonds is 13. The number of nitrogens with two attached hydrogens (primary N) is 1. The molecule has 5 amide bonds. The number of nitrogens with zero attached hydrogens (tertiary/aromatic N) is 1. The number of likely N-dealkylation sites (tertiary alicyclic amines) is 1. The molecule has 11 heteroatoms. The summed E-state index contributed by atoms with van der Waals surface area (Å²) in [6.07, 6.45) is 5.43. The van der Waals surface area contributed by atoms with E-state index in [0.717, 1.165) is 32.1 Å². The molecule has 0 aromatic heterocycles. The Hall–Kier alpha value is -2.98. The van der Waals surface area contributed by atoms with Gasteiger partial charge in [0.1, 0.15) is 12.1 Å². The lowest BCUT2D eigenvalue weighted by atomic mass is 9.78. The number of urea groups is 1. The first-order chi connectivity index (χ1) is 19.5. The van der Waals surface area contributed by atoms with Crippen molar-refractivity contribution in [3.63, 3.8) is 0 Å². The van der Waals surface area contributed by atoms with Crippen LogP contribution in [0.1, 0.15) is 93.4 Å². The summed E-state index contributed by atoms with van der Waals surface area (Å²) in [4.78, 5) is 79.9. The van der Waals surface area contributed by atoms with E-state index in [1.807, 2.05) is 48.5 Å². The summed E-state index contributed by atoms with van der Waals surface area (Å²) >= 11 is 0. The highest BCUT2D eigenvalue weighted by Crippen LogP contribution is 2.36. The van der Waals surface area contributed by atoms with Crippen molar-refractivity contribution in [2.75, 3.05) is 6.54 Å². The maximum atomic E-state index is 14.1. The third kappa shape index (κ3) is 8.10. The third-order valence-electron chi connectivity index (χ3n) is 9.15. The summed E-state index contributed by atoms with van der Waals surface area (Å²) in [7, 11) is 0. The van der Waals surface area contributed by atoms with Gasteiger partial charge in [-0.15, -0.1) is 0 Å². The van der Waals surface area contributed by atoms with Gasteiger partial charge in [-0.25, -0.2) is 4.79 Å². The molecule has 2 saturated carbocycles. The number of Topliss-reactive ketones (excluding diaryl/α,β-unsaturated/α-hetero) is 2. The average molecular weight is 590 g/mol. The molecule has 0 aromatic carbocycles. The van der Waals surface area contributed by atoms with Gasteiger partial charge in [0.05, 0.1) is 12.1 Å². The molecule has 11 nitrogen and oxygen atoms in total. The van der Waals surface area contributed by atoms with Crippen LogP contribution in [0.2, 0.25) is 0 Å². The molecule has 5 N–H and O–H groups in total. The predicted octanol–water partition coefficient (Wildman–Crippen LogP) is 2.31. The summed E-state index contributed by atoms with van der Waals surface area (Å²) in [5.41, 5.74) is 4.56.